The third kappa shape index (κ3) is 3.45. The molecule has 0 bridgehead atoms. The molecule has 0 unspecified atom stereocenters. The van der Waals surface area contributed by atoms with Crippen LogP contribution >= 0.6 is 0 Å². The van der Waals surface area contributed by atoms with E-state index < -0.39 is 0 Å². The van der Waals surface area contributed by atoms with Crippen LogP contribution in [0.25, 0.3) is 0 Å². The monoisotopic (exact) mass is 250 g/mol. The topological polar surface area (TPSA) is 59.6 Å². The zero-order valence-corrected chi connectivity index (χ0v) is 10.5. The van der Waals surface area contributed by atoms with Crippen LogP contribution in [-0.2, 0) is 16.0 Å². The first-order valence-corrected chi connectivity index (χ1v) is 6.05. The molecule has 0 atom stereocenters. The Bertz CT molecular complexity index is 421. The molecule has 0 aromatic heterocycles. The van der Waals surface area contributed by atoms with Crippen molar-refractivity contribution < 1.29 is 14.3 Å². The van der Waals surface area contributed by atoms with Gasteiger partial charge in [-0.2, -0.15) is 0 Å². The standard InChI is InChI=1S/C13H18N2O3/c1-17-7-6-14-5-4-10-2-3-12-11(8-10)15-13(16)9-18-12/h2-3,8,14H,4-7,9H2,1H3,(H,15,16). The van der Waals surface area contributed by atoms with Crippen LogP contribution in [-0.4, -0.2) is 39.3 Å². The first kappa shape index (κ1) is 12.9. The normalized spacial score (nSPS) is 13.7. The maximum atomic E-state index is 11.2. The maximum absolute atomic E-state index is 11.2. The van der Waals surface area contributed by atoms with E-state index in [2.05, 4.69) is 10.6 Å². The molecule has 18 heavy (non-hydrogen) atoms. The summed E-state index contributed by atoms with van der Waals surface area (Å²) in [5, 5.41) is 6.09. The number of benzene rings is 1. The number of amides is 1. The molecule has 5 nitrogen and oxygen atoms in total. The highest BCUT2D eigenvalue weighted by molar-refractivity contribution is 5.95. The average Bonchev–Trinajstić information content (AvgIpc) is 2.38. The Morgan fingerprint density at radius 2 is 2.33 bits per heavy atom. The van der Waals surface area contributed by atoms with Crippen molar-refractivity contribution in [3.05, 3.63) is 23.8 Å². The van der Waals surface area contributed by atoms with Crippen LogP contribution in [0.3, 0.4) is 0 Å². The Balaban J connectivity index is 1.86. The van der Waals surface area contributed by atoms with Crippen LogP contribution in [0.5, 0.6) is 5.75 Å². The second-order valence-electron chi connectivity index (χ2n) is 4.16. The third-order valence-electron chi connectivity index (χ3n) is 2.75. The molecule has 0 saturated heterocycles. The Morgan fingerprint density at radius 3 is 3.17 bits per heavy atom. The number of carbonyl (C=O) groups is 1. The lowest BCUT2D eigenvalue weighted by Crippen LogP contribution is -2.25. The van der Waals surface area contributed by atoms with E-state index in [1.165, 1.54) is 5.56 Å². The Kier molecular flexibility index (Phi) is 4.55. The van der Waals surface area contributed by atoms with Gasteiger partial charge in [0.1, 0.15) is 5.75 Å². The van der Waals surface area contributed by atoms with E-state index in [9.17, 15) is 4.79 Å². The van der Waals surface area contributed by atoms with Gasteiger partial charge < -0.3 is 20.1 Å². The van der Waals surface area contributed by atoms with Gasteiger partial charge in [0.25, 0.3) is 5.91 Å². The predicted octanol–water partition coefficient (Wildman–Crippen LogP) is 0.796. The van der Waals surface area contributed by atoms with Crippen LogP contribution in [0.2, 0.25) is 0 Å². The summed E-state index contributed by atoms with van der Waals surface area (Å²) in [6, 6.07) is 5.89. The molecular formula is C13H18N2O3. The van der Waals surface area contributed by atoms with Gasteiger partial charge in [0, 0.05) is 13.7 Å². The molecule has 1 aliphatic heterocycles. The summed E-state index contributed by atoms with van der Waals surface area (Å²) in [6.07, 6.45) is 0.910. The number of rotatable bonds is 6. The number of carbonyl (C=O) groups excluding carboxylic acids is 1. The van der Waals surface area contributed by atoms with E-state index in [4.69, 9.17) is 9.47 Å². The van der Waals surface area contributed by atoms with Crippen molar-refractivity contribution in [2.45, 2.75) is 6.42 Å². The second kappa shape index (κ2) is 6.37. The highest BCUT2D eigenvalue weighted by Crippen LogP contribution is 2.28. The average molecular weight is 250 g/mol. The number of hydrogen-bond donors (Lipinski definition) is 2. The maximum Gasteiger partial charge on any atom is 0.262 e. The van der Waals surface area contributed by atoms with E-state index in [1.807, 2.05) is 18.2 Å². The van der Waals surface area contributed by atoms with E-state index in [0.717, 1.165) is 30.9 Å². The fourth-order valence-electron chi connectivity index (χ4n) is 1.82. The van der Waals surface area contributed by atoms with Gasteiger partial charge in [-0.25, -0.2) is 0 Å². The molecule has 1 heterocycles. The van der Waals surface area contributed by atoms with Crippen molar-refractivity contribution in [1.29, 1.82) is 0 Å². The minimum Gasteiger partial charge on any atom is -0.482 e. The molecule has 98 valence electrons. The van der Waals surface area contributed by atoms with Gasteiger partial charge in [-0.3, -0.25) is 4.79 Å². The molecular weight excluding hydrogens is 232 g/mol. The van der Waals surface area contributed by atoms with Crippen molar-refractivity contribution in [3.8, 4) is 5.75 Å². The van der Waals surface area contributed by atoms with Gasteiger partial charge in [-0.1, -0.05) is 6.07 Å². The lowest BCUT2D eigenvalue weighted by atomic mass is 10.1. The lowest BCUT2D eigenvalue weighted by molar-refractivity contribution is -0.118. The molecule has 1 amide bonds. The van der Waals surface area contributed by atoms with Crippen LogP contribution in [0.4, 0.5) is 5.69 Å². The number of anilines is 1. The lowest BCUT2D eigenvalue weighted by Gasteiger charge is -2.18. The van der Waals surface area contributed by atoms with Crippen LogP contribution in [0.1, 0.15) is 5.56 Å². The van der Waals surface area contributed by atoms with E-state index in [0.29, 0.717) is 6.61 Å². The van der Waals surface area contributed by atoms with Crippen molar-refractivity contribution in [2.24, 2.45) is 0 Å². The molecule has 1 aliphatic rings. The summed E-state index contributed by atoms with van der Waals surface area (Å²) < 4.78 is 10.3. The number of hydrogen-bond acceptors (Lipinski definition) is 4. The zero-order valence-electron chi connectivity index (χ0n) is 10.5. The molecule has 0 radical (unpaired) electrons. The summed E-state index contributed by atoms with van der Waals surface area (Å²) in [4.78, 5) is 11.2. The van der Waals surface area contributed by atoms with Crippen molar-refractivity contribution in [2.75, 3.05) is 38.7 Å². The fraction of sp³-hybridized carbons (Fsp3) is 0.462. The fourth-order valence-corrected chi connectivity index (χ4v) is 1.82. The van der Waals surface area contributed by atoms with Crippen LogP contribution in [0.15, 0.2) is 18.2 Å². The molecule has 0 spiro atoms. The second-order valence-corrected chi connectivity index (χ2v) is 4.16. The minimum atomic E-state index is -0.0992. The summed E-state index contributed by atoms with van der Waals surface area (Å²) >= 11 is 0. The third-order valence-corrected chi connectivity index (χ3v) is 2.75. The largest absolute Gasteiger partial charge is 0.482 e. The summed E-state index contributed by atoms with van der Waals surface area (Å²) in [7, 11) is 1.69. The summed E-state index contributed by atoms with van der Waals surface area (Å²) in [5.74, 6) is 0.642. The molecule has 1 aromatic carbocycles. The van der Waals surface area contributed by atoms with Crippen molar-refractivity contribution in [1.82, 2.24) is 5.32 Å². The number of ether oxygens (including phenoxy) is 2. The molecule has 5 heteroatoms. The molecule has 2 rings (SSSR count). The SMILES string of the molecule is COCCNCCc1ccc2c(c1)NC(=O)CO2. The van der Waals surface area contributed by atoms with Crippen molar-refractivity contribution in [3.63, 3.8) is 0 Å². The molecule has 0 saturated carbocycles. The van der Waals surface area contributed by atoms with Gasteiger partial charge in [-0.15, -0.1) is 0 Å². The Hall–Kier alpha value is -1.59. The first-order valence-electron chi connectivity index (χ1n) is 6.05. The van der Waals surface area contributed by atoms with Crippen molar-refractivity contribution >= 4 is 11.6 Å². The smallest absolute Gasteiger partial charge is 0.262 e. The number of fused-ring (bicyclic) bond motifs is 1. The Labute approximate surface area is 106 Å². The van der Waals surface area contributed by atoms with Gasteiger partial charge >= 0.3 is 0 Å². The van der Waals surface area contributed by atoms with Gasteiger partial charge in [0.05, 0.1) is 12.3 Å². The predicted molar refractivity (Wildman–Crippen MR) is 69.0 cm³/mol. The highest BCUT2D eigenvalue weighted by Gasteiger charge is 2.15. The minimum absolute atomic E-state index is 0.0992. The molecule has 1 aromatic rings. The highest BCUT2D eigenvalue weighted by atomic mass is 16.5. The van der Waals surface area contributed by atoms with E-state index >= 15 is 0 Å². The first-order chi connectivity index (χ1) is 8.79. The Morgan fingerprint density at radius 1 is 1.44 bits per heavy atom. The molecule has 2 N–H and O–H groups in total. The van der Waals surface area contributed by atoms with Gasteiger partial charge in [0.2, 0.25) is 0 Å². The summed E-state index contributed by atoms with van der Waals surface area (Å²) in [6.45, 7) is 2.55. The van der Waals surface area contributed by atoms with E-state index in [1.54, 1.807) is 7.11 Å². The zero-order chi connectivity index (χ0) is 12.8. The van der Waals surface area contributed by atoms with Gasteiger partial charge in [0.15, 0.2) is 6.61 Å². The molecule has 0 aliphatic carbocycles. The van der Waals surface area contributed by atoms with Gasteiger partial charge in [-0.05, 0) is 30.7 Å². The van der Waals surface area contributed by atoms with Crippen LogP contribution in [0, 0.1) is 0 Å². The number of methoxy groups -OCH3 is 1. The van der Waals surface area contributed by atoms with E-state index in [-0.39, 0.29) is 12.5 Å². The quantitative estimate of drug-likeness (QED) is 0.733. The number of nitrogens with one attached hydrogen (secondary N) is 2. The van der Waals surface area contributed by atoms with Crippen LogP contribution < -0.4 is 15.4 Å². The molecule has 0 fully saturated rings. The summed E-state index contributed by atoms with van der Waals surface area (Å²) in [5.41, 5.74) is 1.94.